The highest BCUT2D eigenvalue weighted by Crippen LogP contribution is 2.33. The van der Waals surface area contributed by atoms with Gasteiger partial charge in [0.15, 0.2) is 0 Å². The number of hydrogen-bond donors (Lipinski definition) is 1. The third-order valence-electron chi connectivity index (χ3n) is 4.58. The van der Waals surface area contributed by atoms with E-state index in [4.69, 9.17) is 4.74 Å². The number of carbonyl (C=O) groups excluding carboxylic acids is 1. The van der Waals surface area contributed by atoms with Crippen LogP contribution >= 0.6 is 0 Å². The summed E-state index contributed by atoms with van der Waals surface area (Å²) >= 11 is 0. The maximum atomic E-state index is 12.3. The van der Waals surface area contributed by atoms with Gasteiger partial charge in [0.05, 0.1) is 24.1 Å². The summed E-state index contributed by atoms with van der Waals surface area (Å²) in [5.41, 5.74) is 3.87. The van der Waals surface area contributed by atoms with E-state index in [1.807, 2.05) is 18.2 Å². The van der Waals surface area contributed by atoms with Crippen molar-refractivity contribution in [2.24, 2.45) is 0 Å². The van der Waals surface area contributed by atoms with E-state index in [0.29, 0.717) is 6.54 Å². The molecule has 1 fully saturated rings. The van der Waals surface area contributed by atoms with Crippen molar-refractivity contribution < 1.29 is 9.53 Å². The Morgan fingerprint density at radius 2 is 2.12 bits per heavy atom. The van der Waals surface area contributed by atoms with E-state index < -0.39 is 0 Å². The van der Waals surface area contributed by atoms with Crippen molar-refractivity contribution >= 4 is 11.8 Å². The molecule has 1 aliphatic rings. The van der Waals surface area contributed by atoms with Crippen molar-refractivity contribution in [3.05, 3.63) is 36.0 Å². The molecule has 1 unspecified atom stereocenters. The molecule has 0 spiro atoms. The Labute approximate surface area is 143 Å². The maximum Gasteiger partial charge on any atom is 0.414 e. The SMILES string of the molecule is CCCCCCC1CN(c2cn[nH]c2-c2ccccc2C)C(=O)O1. The van der Waals surface area contributed by atoms with Gasteiger partial charge in [-0.1, -0.05) is 50.5 Å². The van der Waals surface area contributed by atoms with E-state index >= 15 is 0 Å². The molecule has 1 aliphatic heterocycles. The number of benzene rings is 1. The number of hydrogen-bond acceptors (Lipinski definition) is 3. The normalized spacial score (nSPS) is 17.3. The molecular formula is C19H25N3O2. The fourth-order valence-corrected chi connectivity index (χ4v) is 3.20. The first-order chi connectivity index (χ1) is 11.7. The Bertz CT molecular complexity index is 695. The average Bonchev–Trinajstić information content (AvgIpc) is 3.18. The van der Waals surface area contributed by atoms with Crippen LogP contribution in [0.1, 0.15) is 44.6 Å². The summed E-state index contributed by atoms with van der Waals surface area (Å²) in [5, 5.41) is 7.19. The zero-order valence-electron chi connectivity index (χ0n) is 14.4. The predicted molar refractivity (Wildman–Crippen MR) is 95.1 cm³/mol. The van der Waals surface area contributed by atoms with E-state index in [0.717, 1.165) is 35.3 Å². The maximum absolute atomic E-state index is 12.3. The van der Waals surface area contributed by atoms with Gasteiger partial charge in [0.2, 0.25) is 0 Å². The van der Waals surface area contributed by atoms with Gasteiger partial charge in [-0.15, -0.1) is 0 Å². The van der Waals surface area contributed by atoms with Crippen LogP contribution < -0.4 is 4.90 Å². The van der Waals surface area contributed by atoms with Crippen molar-refractivity contribution in [3.8, 4) is 11.3 Å². The smallest absolute Gasteiger partial charge is 0.414 e. The Balaban J connectivity index is 1.73. The Morgan fingerprint density at radius 1 is 1.29 bits per heavy atom. The highest BCUT2D eigenvalue weighted by molar-refractivity contribution is 5.94. The molecule has 2 heterocycles. The van der Waals surface area contributed by atoms with Gasteiger partial charge in [0.25, 0.3) is 0 Å². The molecule has 1 aromatic heterocycles. The number of H-pyrrole nitrogens is 1. The van der Waals surface area contributed by atoms with Gasteiger partial charge in [-0.25, -0.2) is 4.79 Å². The van der Waals surface area contributed by atoms with E-state index in [9.17, 15) is 4.79 Å². The number of cyclic esters (lactones) is 1. The number of nitrogens with zero attached hydrogens (tertiary/aromatic N) is 2. The number of aromatic nitrogens is 2. The van der Waals surface area contributed by atoms with Crippen molar-refractivity contribution in [1.82, 2.24) is 10.2 Å². The number of ether oxygens (including phenoxy) is 1. The number of unbranched alkanes of at least 4 members (excludes halogenated alkanes) is 3. The lowest BCUT2D eigenvalue weighted by atomic mass is 10.0. The molecule has 5 nitrogen and oxygen atoms in total. The number of carbonyl (C=O) groups is 1. The summed E-state index contributed by atoms with van der Waals surface area (Å²) in [5.74, 6) is 0. The van der Waals surface area contributed by atoms with Gasteiger partial charge in [-0.2, -0.15) is 5.10 Å². The molecule has 0 bridgehead atoms. The van der Waals surface area contributed by atoms with Crippen LogP contribution in [0.15, 0.2) is 30.5 Å². The fraction of sp³-hybridized carbons (Fsp3) is 0.474. The summed E-state index contributed by atoms with van der Waals surface area (Å²) in [7, 11) is 0. The zero-order chi connectivity index (χ0) is 16.9. The quantitative estimate of drug-likeness (QED) is 0.751. The predicted octanol–water partition coefficient (Wildman–Crippen LogP) is 4.68. The third kappa shape index (κ3) is 3.45. The molecule has 1 saturated heterocycles. The summed E-state index contributed by atoms with van der Waals surface area (Å²) in [6.45, 7) is 4.85. The molecule has 5 heteroatoms. The molecule has 3 rings (SSSR count). The topological polar surface area (TPSA) is 58.2 Å². The summed E-state index contributed by atoms with van der Waals surface area (Å²) in [4.78, 5) is 14.0. The second-order valence-corrected chi connectivity index (χ2v) is 6.41. The number of aromatic amines is 1. The molecular weight excluding hydrogens is 302 g/mol. The van der Waals surface area contributed by atoms with E-state index in [1.165, 1.54) is 19.3 Å². The van der Waals surface area contributed by atoms with Gasteiger partial charge >= 0.3 is 6.09 Å². The second kappa shape index (κ2) is 7.51. The highest BCUT2D eigenvalue weighted by Gasteiger charge is 2.34. The van der Waals surface area contributed by atoms with Crippen LogP contribution in [0.25, 0.3) is 11.3 Å². The first-order valence-corrected chi connectivity index (χ1v) is 8.78. The van der Waals surface area contributed by atoms with Gasteiger partial charge in [-0.05, 0) is 25.3 Å². The molecule has 128 valence electrons. The summed E-state index contributed by atoms with van der Waals surface area (Å²) < 4.78 is 5.54. The van der Waals surface area contributed by atoms with Crippen molar-refractivity contribution in [2.45, 2.75) is 52.1 Å². The molecule has 0 radical (unpaired) electrons. The van der Waals surface area contributed by atoms with Crippen molar-refractivity contribution in [1.29, 1.82) is 0 Å². The lowest BCUT2D eigenvalue weighted by Crippen LogP contribution is -2.24. The summed E-state index contributed by atoms with van der Waals surface area (Å²) in [6.07, 6.45) is 7.11. The number of amides is 1. The molecule has 0 saturated carbocycles. The standard InChI is InChI=1S/C19H25N3O2/c1-3-4-5-6-10-15-13-22(19(23)24-15)17-12-20-21-18(17)16-11-8-7-9-14(16)2/h7-9,11-12,15H,3-6,10,13H2,1-2H3,(H,20,21). The van der Waals surface area contributed by atoms with Crippen LogP contribution in [0.3, 0.4) is 0 Å². The van der Waals surface area contributed by atoms with Gasteiger partial charge in [0.1, 0.15) is 6.10 Å². The Kier molecular flexibility index (Phi) is 5.18. The monoisotopic (exact) mass is 327 g/mol. The van der Waals surface area contributed by atoms with Crippen LogP contribution in [0, 0.1) is 6.92 Å². The molecule has 1 atom stereocenters. The van der Waals surface area contributed by atoms with Crippen molar-refractivity contribution in [3.63, 3.8) is 0 Å². The lowest BCUT2D eigenvalue weighted by Gasteiger charge is -2.14. The van der Waals surface area contributed by atoms with E-state index in [-0.39, 0.29) is 12.2 Å². The highest BCUT2D eigenvalue weighted by atomic mass is 16.6. The fourth-order valence-electron chi connectivity index (χ4n) is 3.20. The first kappa shape index (κ1) is 16.6. The van der Waals surface area contributed by atoms with E-state index in [2.05, 4.69) is 30.1 Å². The largest absolute Gasteiger partial charge is 0.444 e. The van der Waals surface area contributed by atoms with Gasteiger partial charge in [0, 0.05) is 5.56 Å². The number of rotatable bonds is 7. The Hall–Kier alpha value is -2.30. The Morgan fingerprint density at radius 3 is 2.92 bits per heavy atom. The number of anilines is 1. The van der Waals surface area contributed by atoms with Gasteiger partial charge in [-0.3, -0.25) is 10.00 Å². The summed E-state index contributed by atoms with van der Waals surface area (Å²) in [6, 6.07) is 8.09. The number of nitrogens with one attached hydrogen (secondary N) is 1. The first-order valence-electron chi connectivity index (χ1n) is 8.78. The molecule has 24 heavy (non-hydrogen) atoms. The molecule has 1 N–H and O–H groups in total. The van der Waals surface area contributed by atoms with Crippen LogP contribution in [-0.2, 0) is 4.74 Å². The average molecular weight is 327 g/mol. The van der Waals surface area contributed by atoms with E-state index in [1.54, 1.807) is 11.1 Å². The molecule has 0 aliphatic carbocycles. The minimum atomic E-state index is -0.272. The third-order valence-corrected chi connectivity index (χ3v) is 4.58. The second-order valence-electron chi connectivity index (χ2n) is 6.41. The van der Waals surface area contributed by atoms with Crippen LogP contribution in [0.2, 0.25) is 0 Å². The van der Waals surface area contributed by atoms with Crippen LogP contribution in [0.4, 0.5) is 10.5 Å². The van der Waals surface area contributed by atoms with Crippen LogP contribution in [-0.4, -0.2) is 28.9 Å². The molecule has 1 amide bonds. The lowest BCUT2D eigenvalue weighted by molar-refractivity contribution is 0.135. The minimum Gasteiger partial charge on any atom is -0.444 e. The van der Waals surface area contributed by atoms with Gasteiger partial charge < -0.3 is 4.74 Å². The molecule has 1 aromatic carbocycles. The number of aryl methyl sites for hydroxylation is 1. The minimum absolute atomic E-state index is 0.0195. The van der Waals surface area contributed by atoms with Crippen LogP contribution in [0.5, 0.6) is 0 Å². The zero-order valence-corrected chi connectivity index (χ0v) is 14.4. The molecule has 2 aromatic rings. The van der Waals surface area contributed by atoms with Crippen molar-refractivity contribution in [2.75, 3.05) is 11.4 Å².